The van der Waals surface area contributed by atoms with Crippen LogP contribution < -0.4 is 5.73 Å². The van der Waals surface area contributed by atoms with Crippen molar-refractivity contribution in [3.63, 3.8) is 0 Å². The molecule has 0 spiro atoms. The minimum atomic E-state index is -0.555. The highest BCUT2D eigenvalue weighted by Crippen LogP contribution is 2.40. The van der Waals surface area contributed by atoms with Crippen molar-refractivity contribution in [2.24, 2.45) is 11.1 Å². The highest BCUT2D eigenvalue weighted by atomic mass is 32.1. The number of rotatable bonds is 9. The fraction of sp³-hybridized carbons (Fsp3) is 0.875. The third-order valence-corrected chi connectivity index (χ3v) is 5.19. The summed E-state index contributed by atoms with van der Waals surface area (Å²) in [5, 5.41) is 0. The zero-order valence-corrected chi connectivity index (χ0v) is 14.7. The summed E-state index contributed by atoms with van der Waals surface area (Å²) < 4.78 is 0. The van der Waals surface area contributed by atoms with E-state index in [0.717, 1.165) is 64.8 Å². The first kappa shape index (κ1) is 18.4. The van der Waals surface area contributed by atoms with E-state index in [2.05, 4.69) is 18.7 Å². The summed E-state index contributed by atoms with van der Waals surface area (Å²) >= 11 is 5.22. The van der Waals surface area contributed by atoms with Crippen molar-refractivity contribution in [3.05, 3.63) is 0 Å². The van der Waals surface area contributed by atoms with Gasteiger partial charge in [-0.2, -0.15) is 0 Å². The van der Waals surface area contributed by atoms with Crippen molar-refractivity contribution >= 4 is 23.1 Å². The molecule has 0 aliphatic heterocycles. The van der Waals surface area contributed by atoms with Gasteiger partial charge < -0.3 is 15.5 Å². The van der Waals surface area contributed by atoms with E-state index in [9.17, 15) is 4.79 Å². The third kappa shape index (κ3) is 4.39. The van der Waals surface area contributed by atoms with E-state index in [1.165, 1.54) is 0 Å². The van der Waals surface area contributed by atoms with Crippen LogP contribution in [0.4, 0.5) is 0 Å². The number of nitrogens with two attached hydrogens (primary N) is 1. The minimum absolute atomic E-state index is 0.162. The maximum absolute atomic E-state index is 12.9. The Labute approximate surface area is 135 Å². The Morgan fingerprint density at radius 3 is 2.10 bits per heavy atom. The normalized spacial score (nSPS) is 17.1. The van der Waals surface area contributed by atoms with Gasteiger partial charge in [-0.1, -0.05) is 38.9 Å². The molecule has 0 aromatic rings. The summed E-state index contributed by atoms with van der Waals surface area (Å²) in [5.74, 6) is 0.162. The van der Waals surface area contributed by atoms with Crippen LogP contribution >= 0.6 is 12.2 Å². The number of hydrogen-bond acceptors (Lipinski definition) is 3. The molecule has 4 nitrogen and oxygen atoms in total. The predicted molar refractivity (Wildman–Crippen MR) is 92.3 cm³/mol. The Kier molecular flexibility index (Phi) is 7.60. The standard InChI is InChI=1S/C16H31N3OS/c1-4-18(5-2)12-9-13-19(6-3)15(20)16(14(17)21)10-7-8-11-16/h4-13H2,1-3H3,(H2,17,21). The van der Waals surface area contributed by atoms with Crippen LogP contribution in [-0.4, -0.2) is 53.4 Å². The maximum Gasteiger partial charge on any atom is 0.235 e. The third-order valence-electron chi connectivity index (χ3n) is 4.80. The van der Waals surface area contributed by atoms with Crippen molar-refractivity contribution in [1.29, 1.82) is 0 Å². The van der Waals surface area contributed by atoms with Crippen molar-refractivity contribution in [1.82, 2.24) is 9.80 Å². The van der Waals surface area contributed by atoms with Gasteiger partial charge >= 0.3 is 0 Å². The zero-order valence-electron chi connectivity index (χ0n) is 13.9. The maximum atomic E-state index is 12.9. The number of thiocarbonyl (C=S) groups is 1. The lowest BCUT2D eigenvalue weighted by Gasteiger charge is -2.33. The molecule has 0 atom stereocenters. The van der Waals surface area contributed by atoms with Gasteiger partial charge in [0, 0.05) is 13.1 Å². The molecule has 0 radical (unpaired) electrons. The first-order valence-corrected chi connectivity index (χ1v) is 8.74. The lowest BCUT2D eigenvalue weighted by Crippen LogP contribution is -2.49. The number of amides is 1. The molecule has 0 bridgehead atoms. The molecular formula is C16H31N3OS. The van der Waals surface area contributed by atoms with Gasteiger partial charge in [-0.15, -0.1) is 0 Å². The molecule has 2 N–H and O–H groups in total. The topological polar surface area (TPSA) is 49.6 Å². The Bertz CT molecular complexity index is 349. The van der Waals surface area contributed by atoms with Crippen LogP contribution in [0.25, 0.3) is 0 Å². The Morgan fingerprint density at radius 2 is 1.67 bits per heavy atom. The molecule has 1 saturated carbocycles. The molecule has 1 rings (SSSR count). The monoisotopic (exact) mass is 313 g/mol. The summed E-state index contributed by atoms with van der Waals surface area (Å²) in [5.41, 5.74) is 5.37. The van der Waals surface area contributed by atoms with Crippen LogP contribution in [0.1, 0.15) is 52.9 Å². The van der Waals surface area contributed by atoms with Gasteiger partial charge in [0.2, 0.25) is 5.91 Å². The first-order valence-electron chi connectivity index (χ1n) is 8.33. The molecule has 5 heteroatoms. The molecule has 1 aliphatic rings. The van der Waals surface area contributed by atoms with Crippen molar-refractivity contribution in [2.45, 2.75) is 52.9 Å². The van der Waals surface area contributed by atoms with Gasteiger partial charge in [0.1, 0.15) is 0 Å². The summed E-state index contributed by atoms with van der Waals surface area (Å²) in [6.45, 7) is 11.1. The number of carbonyl (C=O) groups is 1. The van der Waals surface area contributed by atoms with Gasteiger partial charge in [0.25, 0.3) is 0 Å². The van der Waals surface area contributed by atoms with Crippen LogP contribution in [0.3, 0.4) is 0 Å². The van der Waals surface area contributed by atoms with Gasteiger partial charge in [-0.3, -0.25) is 4.79 Å². The molecule has 1 fully saturated rings. The van der Waals surface area contributed by atoms with Crippen LogP contribution in [0.5, 0.6) is 0 Å². The molecule has 0 aromatic heterocycles. The molecule has 21 heavy (non-hydrogen) atoms. The number of hydrogen-bond donors (Lipinski definition) is 1. The summed E-state index contributed by atoms with van der Waals surface area (Å²) in [6.07, 6.45) is 4.77. The molecule has 0 heterocycles. The molecule has 0 unspecified atom stereocenters. The van der Waals surface area contributed by atoms with Crippen LogP contribution in [0, 0.1) is 5.41 Å². The quantitative estimate of drug-likeness (QED) is 0.664. The van der Waals surface area contributed by atoms with E-state index in [4.69, 9.17) is 18.0 Å². The van der Waals surface area contributed by atoms with E-state index < -0.39 is 5.41 Å². The second-order valence-corrected chi connectivity index (χ2v) is 6.36. The largest absolute Gasteiger partial charge is 0.392 e. The van der Waals surface area contributed by atoms with Crippen LogP contribution in [0.15, 0.2) is 0 Å². The Morgan fingerprint density at radius 1 is 1.10 bits per heavy atom. The lowest BCUT2D eigenvalue weighted by atomic mass is 9.84. The van der Waals surface area contributed by atoms with Gasteiger partial charge in [-0.25, -0.2) is 0 Å². The summed E-state index contributed by atoms with van der Waals surface area (Å²) in [7, 11) is 0. The average Bonchev–Trinajstić information content (AvgIpc) is 2.98. The molecule has 1 aliphatic carbocycles. The minimum Gasteiger partial charge on any atom is -0.392 e. The van der Waals surface area contributed by atoms with E-state index in [0.29, 0.717) is 4.99 Å². The van der Waals surface area contributed by atoms with E-state index in [1.54, 1.807) is 0 Å². The van der Waals surface area contributed by atoms with Gasteiger partial charge in [0.05, 0.1) is 10.4 Å². The average molecular weight is 314 g/mol. The number of carbonyl (C=O) groups excluding carboxylic acids is 1. The van der Waals surface area contributed by atoms with Gasteiger partial charge in [-0.05, 0) is 45.8 Å². The first-order chi connectivity index (χ1) is 10.0. The van der Waals surface area contributed by atoms with E-state index in [1.807, 2.05) is 11.8 Å². The van der Waals surface area contributed by atoms with Crippen molar-refractivity contribution in [2.75, 3.05) is 32.7 Å². The molecule has 0 aromatic carbocycles. The van der Waals surface area contributed by atoms with Crippen molar-refractivity contribution < 1.29 is 4.79 Å². The Balaban J connectivity index is 2.62. The second kappa shape index (κ2) is 8.69. The fourth-order valence-corrected chi connectivity index (χ4v) is 3.57. The SMILES string of the molecule is CCN(CC)CCCN(CC)C(=O)C1(C(N)=S)CCCC1. The highest BCUT2D eigenvalue weighted by molar-refractivity contribution is 7.80. The molecule has 122 valence electrons. The van der Waals surface area contributed by atoms with E-state index >= 15 is 0 Å². The smallest absolute Gasteiger partial charge is 0.235 e. The fourth-order valence-electron chi connectivity index (χ4n) is 3.28. The molecular weight excluding hydrogens is 282 g/mol. The van der Waals surface area contributed by atoms with Crippen LogP contribution in [-0.2, 0) is 4.79 Å². The lowest BCUT2D eigenvalue weighted by molar-refractivity contribution is -0.138. The summed E-state index contributed by atoms with van der Waals surface area (Å²) in [6, 6.07) is 0. The zero-order chi connectivity index (χ0) is 15.9. The summed E-state index contributed by atoms with van der Waals surface area (Å²) in [4.78, 5) is 17.6. The van der Waals surface area contributed by atoms with Crippen molar-refractivity contribution in [3.8, 4) is 0 Å². The predicted octanol–water partition coefficient (Wildman–Crippen LogP) is 2.41. The Hall–Kier alpha value is -0.680. The second-order valence-electron chi connectivity index (χ2n) is 5.92. The van der Waals surface area contributed by atoms with Gasteiger partial charge in [0.15, 0.2) is 0 Å². The van der Waals surface area contributed by atoms with Crippen LogP contribution in [0.2, 0.25) is 0 Å². The molecule has 1 amide bonds. The molecule has 0 saturated heterocycles. The van der Waals surface area contributed by atoms with E-state index in [-0.39, 0.29) is 5.91 Å². The number of nitrogens with zero attached hydrogens (tertiary/aromatic N) is 2. The highest BCUT2D eigenvalue weighted by Gasteiger charge is 2.45.